The highest BCUT2D eigenvalue weighted by atomic mass is 16.5. The fourth-order valence-electron chi connectivity index (χ4n) is 2.12. The molecule has 0 amide bonds. The molecule has 1 fully saturated rings. The van der Waals surface area contributed by atoms with E-state index in [9.17, 15) is 4.79 Å². The predicted molar refractivity (Wildman–Crippen MR) is 64.5 cm³/mol. The summed E-state index contributed by atoms with van der Waals surface area (Å²) in [6.45, 7) is 0.726. The van der Waals surface area contributed by atoms with E-state index in [-0.39, 0.29) is 6.04 Å². The van der Waals surface area contributed by atoms with Gasteiger partial charge in [-0.15, -0.1) is 0 Å². The molecule has 0 aromatic heterocycles. The summed E-state index contributed by atoms with van der Waals surface area (Å²) in [5, 5.41) is 3.34. The molecular formula is C13H17NO3. The molecule has 1 atom stereocenters. The van der Waals surface area contributed by atoms with Gasteiger partial charge in [0.15, 0.2) is 0 Å². The molecule has 0 radical (unpaired) electrons. The highest BCUT2D eigenvalue weighted by molar-refractivity contribution is 5.80. The van der Waals surface area contributed by atoms with Crippen LogP contribution in [0.25, 0.3) is 0 Å². The summed E-state index contributed by atoms with van der Waals surface area (Å²) < 4.78 is 10.5. The highest BCUT2D eigenvalue weighted by Crippen LogP contribution is 2.32. The van der Waals surface area contributed by atoms with Gasteiger partial charge in [0.25, 0.3) is 0 Å². The number of hydrogen-bond donors (Lipinski definition) is 1. The SMILES string of the molecule is COc1ccc(OC)c(C2CC(=O)CCN2)c1. The Balaban J connectivity index is 2.30. The Bertz CT molecular complexity index is 417. The van der Waals surface area contributed by atoms with Crippen LogP contribution in [-0.4, -0.2) is 26.5 Å². The zero-order valence-corrected chi connectivity index (χ0v) is 10.2. The second-order valence-electron chi connectivity index (χ2n) is 4.11. The number of rotatable bonds is 3. The maximum Gasteiger partial charge on any atom is 0.136 e. The Kier molecular flexibility index (Phi) is 3.64. The standard InChI is InChI=1S/C13H17NO3/c1-16-10-3-4-13(17-2)11(8-10)12-7-9(15)5-6-14-12/h3-4,8,12,14H,5-7H2,1-2H3. The van der Waals surface area contributed by atoms with Crippen molar-refractivity contribution in [3.63, 3.8) is 0 Å². The molecule has 0 saturated carbocycles. The van der Waals surface area contributed by atoms with E-state index in [0.29, 0.717) is 18.6 Å². The Morgan fingerprint density at radius 1 is 1.29 bits per heavy atom. The van der Waals surface area contributed by atoms with Crippen molar-refractivity contribution in [2.75, 3.05) is 20.8 Å². The van der Waals surface area contributed by atoms with Crippen LogP contribution in [0.5, 0.6) is 11.5 Å². The van der Waals surface area contributed by atoms with Crippen molar-refractivity contribution in [1.29, 1.82) is 0 Å². The third-order valence-electron chi connectivity index (χ3n) is 3.04. The van der Waals surface area contributed by atoms with E-state index in [4.69, 9.17) is 9.47 Å². The lowest BCUT2D eigenvalue weighted by atomic mass is 9.95. The number of benzene rings is 1. The van der Waals surface area contributed by atoms with Crippen molar-refractivity contribution in [3.8, 4) is 11.5 Å². The lowest BCUT2D eigenvalue weighted by molar-refractivity contribution is -0.120. The predicted octanol–water partition coefficient (Wildman–Crippen LogP) is 1.70. The Morgan fingerprint density at radius 3 is 2.76 bits per heavy atom. The maximum absolute atomic E-state index is 11.5. The Labute approximate surface area is 101 Å². The van der Waals surface area contributed by atoms with Crippen molar-refractivity contribution in [2.45, 2.75) is 18.9 Å². The molecule has 1 aromatic rings. The zero-order chi connectivity index (χ0) is 12.3. The zero-order valence-electron chi connectivity index (χ0n) is 10.2. The lowest BCUT2D eigenvalue weighted by Gasteiger charge is -2.24. The fourth-order valence-corrected chi connectivity index (χ4v) is 2.12. The van der Waals surface area contributed by atoms with Gasteiger partial charge < -0.3 is 14.8 Å². The average Bonchev–Trinajstić information content (AvgIpc) is 2.38. The first-order chi connectivity index (χ1) is 8.24. The van der Waals surface area contributed by atoms with Gasteiger partial charge >= 0.3 is 0 Å². The molecule has 1 aliphatic heterocycles. The van der Waals surface area contributed by atoms with Crippen LogP contribution in [-0.2, 0) is 4.79 Å². The third kappa shape index (κ3) is 2.58. The minimum atomic E-state index is 0.0290. The number of carbonyl (C=O) groups is 1. The van der Waals surface area contributed by atoms with E-state index in [0.717, 1.165) is 23.6 Å². The molecule has 0 aliphatic carbocycles. The van der Waals surface area contributed by atoms with Gasteiger partial charge in [0.1, 0.15) is 17.3 Å². The van der Waals surface area contributed by atoms with Gasteiger partial charge in [-0.05, 0) is 18.2 Å². The summed E-state index contributed by atoms with van der Waals surface area (Å²) in [4.78, 5) is 11.5. The van der Waals surface area contributed by atoms with Gasteiger partial charge in [0.05, 0.1) is 14.2 Å². The summed E-state index contributed by atoms with van der Waals surface area (Å²) in [6.07, 6.45) is 1.13. The third-order valence-corrected chi connectivity index (χ3v) is 3.04. The van der Waals surface area contributed by atoms with Gasteiger partial charge in [0.2, 0.25) is 0 Å². The quantitative estimate of drug-likeness (QED) is 0.866. The number of piperidine rings is 1. The minimum absolute atomic E-state index is 0.0290. The first-order valence-electron chi connectivity index (χ1n) is 5.71. The molecule has 0 spiro atoms. The topological polar surface area (TPSA) is 47.6 Å². The summed E-state index contributed by atoms with van der Waals surface area (Å²) in [5.74, 6) is 1.86. The number of carbonyl (C=O) groups excluding carboxylic acids is 1. The summed E-state index contributed by atoms with van der Waals surface area (Å²) >= 11 is 0. The van der Waals surface area contributed by atoms with Gasteiger partial charge in [-0.1, -0.05) is 0 Å². The van der Waals surface area contributed by atoms with Crippen LogP contribution in [0.1, 0.15) is 24.4 Å². The normalized spacial score (nSPS) is 20.1. The Hall–Kier alpha value is -1.55. The second-order valence-corrected chi connectivity index (χ2v) is 4.11. The molecule has 17 heavy (non-hydrogen) atoms. The monoisotopic (exact) mass is 235 g/mol. The Morgan fingerprint density at radius 2 is 2.12 bits per heavy atom. The van der Waals surface area contributed by atoms with E-state index < -0.39 is 0 Å². The average molecular weight is 235 g/mol. The van der Waals surface area contributed by atoms with Crippen LogP contribution >= 0.6 is 0 Å². The van der Waals surface area contributed by atoms with E-state index in [1.807, 2.05) is 18.2 Å². The largest absolute Gasteiger partial charge is 0.497 e. The molecule has 92 valence electrons. The van der Waals surface area contributed by atoms with Gasteiger partial charge in [-0.2, -0.15) is 0 Å². The number of ketones is 1. The smallest absolute Gasteiger partial charge is 0.136 e. The summed E-state index contributed by atoms with van der Waals surface area (Å²) in [6, 6.07) is 5.68. The van der Waals surface area contributed by atoms with Crippen molar-refractivity contribution >= 4 is 5.78 Å². The first kappa shape index (κ1) is 11.9. The van der Waals surface area contributed by atoms with Gasteiger partial charge in [0, 0.05) is 31.0 Å². The maximum atomic E-state index is 11.5. The van der Waals surface area contributed by atoms with Crippen molar-refractivity contribution in [2.24, 2.45) is 0 Å². The summed E-state index contributed by atoms with van der Waals surface area (Å²) in [5.41, 5.74) is 0.986. The van der Waals surface area contributed by atoms with Crippen LogP contribution in [0.2, 0.25) is 0 Å². The van der Waals surface area contributed by atoms with E-state index in [1.165, 1.54) is 0 Å². The molecule has 1 saturated heterocycles. The van der Waals surface area contributed by atoms with E-state index in [1.54, 1.807) is 14.2 Å². The molecule has 4 nitrogen and oxygen atoms in total. The van der Waals surface area contributed by atoms with Gasteiger partial charge in [-0.25, -0.2) is 0 Å². The molecular weight excluding hydrogens is 218 g/mol. The van der Waals surface area contributed by atoms with Crippen LogP contribution < -0.4 is 14.8 Å². The number of hydrogen-bond acceptors (Lipinski definition) is 4. The number of methoxy groups -OCH3 is 2. The molecule has 1 heterocycles. The van der Waals surface area contributed by atoms with Crippen molar-refractivity contribution in [1.82, 2.24) is 5.32 Å². The van der Waals surface area contributed by atoms with Gasteiger partial charge in [-0.3, -0.25) is 4.79 Å². The summed E-state index contributed by atoms with van der Waals surface area (Å²) in [7, 11) is 3.26. The van der Waals surface area contributed by atoms with E-state index >= 15 is 0 Å². The lowest BCUT2D eigenvalue weighted by Crippen LogP contribution is -2.32. The van der Waals surface area contributed by atoms with Crippen LogP contribution in [0.15, 0.2) is 18.2 Å². The molecule has 0 bridgehead atoms. The highest BCUT2D eigenvalue weighted by Gasteiger charge is 2.23. The minimum Gasteiger partial charge on any atom is -0.497 e. The molecule has 2 rings (SSSR count). The van der Waals surface area contributed by atoms with Crippen LogP contribution in [0, 0.1) is 0 Å². The number of nitrogens with one attached hydrogen (secondary N) is 1. The molecule has 1 N–H and O–H groups in total. The number of Topliss-reactive ketones (excluding diaryl/α,β-unsaturated/α-hetero) is 1. The number of ether oxygens (including phenoxy) is 2. The van der Waals surface area contributed by atoms with Crippen LogP contribution in [0.3, 0.4) is 0 Å². The van der Waals surface area contributed by atoms with E-state index in [2.05, 4.69) is 5.32 Å². The molecule has 4 heteroatoms. The molecule has 1 aliphatic rings. The fraction of sp³-hybridized carbons (Fsp3) is 0.462. The van der Waals surface area contributed by atoms with Crippen molar-refractivity contribution in [3.05, 3.63) is 23.8 Å². The molecule has 1 aromatic carbocycles. The molecule has 1 unspecified atom stereocenters. The first-order valence-corrected chi connectivity index (χ1v) is 5.71. The van der Waals surface area contributed by atoms with Crippen molar-refractivity contribution < 1.29 is 14.3 Å². The van der Waals surface area contributed by atoms with Crippen LogP contribution in [0.4, 0.5) is 0 Å². The second kappa shape index (κ2) is 5.19.